The van der Waals surface area contributed by atoms with Crippen LogP contribution in [0.2, 0.25) is 0 Å². The molecule has 0 unspecified atom stereocenters. The molecule has 4 rings (SSSR count). The molecular formula is C40H37N5O9. The summed E-state index contributed by atoms with van der Waals surface area (Å²) in [5.74, 6) is -2.70. The van der Waals surface area contributed by atoms with Crippen LogP contribution in [0.15, 0.2) is 118 Å². The predicted molar refractivity (Wildman–Crippen MR) is 202 cm³/mol. The number of benzene rings is 4. The minimum atomic E-state index is -0.655. The lowest BCUT2D eigenvalue weighted by molar-refractivity contribution is -0.142. The number of hydrogen-bond acceptors (Lipinski definition) is 14. The van der Waals surface area contributed by atoms with Crippen molar-refractivity contribution in [3.05, 3.63) is 125 Å². The van der Waals surface area contributed by atoms with Gasteiger partial charge in [0, 0.05) is 67.0 Å². The number of carbonyl (C=O) groups excluding carboxylic acids is 5. The number of anilines is 3. The van der Waals surface area contributed by atoms with Gasteiger partial charge in [-0.1, -0.05) is 69.2 Å². The first-order valence-electron chi connectivity index (χ1n) is 16.4. The zero-order chi connectivity index (χ0) is 39.4. The molecule has 0 heterocycles. The van der Waals surface area contributed by atoms with Crippen molar-refractivity contribution >= 4 is 69.6 Å². The number of ketones is 1. The summed E-state index contributed by atoms with van der Waals surface area (Å²) < 4.78 is 0. The fraction of sp³-hybridized carbons (Fsp3) is 0.175. The molecule has 0 aromatic heterocycles. The molecule has 0 aliphatic heterocycles. The van der Waals surface area contributed by atoms with E-state index in [9.17, 15) is 24.0 Å². The van der Waals surface area contributed by atoms with E-state index in [0.29, 0.717) is 39.3 Å². The van der Waals surface area contributed by atoms with Crippen LogP contribution in [0, 0.1) is 6.92 Å². The Morgan fingerprint density at radius 3 is 1.13 bits per heavy atom. The highest BCUT2D eigenvalue weighted by atomic mass is 16.7. The number of nitrogens with zero attached hydrogens (tertiary/aromatic N) is 5. The van der Waals surface area contributed by atoms with Crippen molar-refractivity contribution in [3.8, 4) is 0 Å². The van der Waals surface area contributed by atoms with E-state index in [-0.39, 0.29) is 28.6 Å². The third kappa shape index (κ3) is 10.7. The molecule has 14 nitrogen and oxygen atoms in total. The zero-order valence-corrected chi connectivity index (χ0v) is 30.6. The average Bonchev–Trinajstić information content (AvgIpc) is 3.14. The van der Waals surface area contributed by atoms with E-state index >= 15 is 0 Å². The molecule has 4 aromatic carbocycles. The van der Waals surface area contributed by atoms with Gasteiger partial charge in [0.2, 0.25) is 0 Å². The van der Waals surface area contributed by atoms with Gasteiger partial charge in [-0.25, -0.2) is 19.2 Å². The Morgan fingerprint density at radius 2 is 0.778 bits per heavy atom. The lowest BCUT2D eigenvalue weighted by atomic mass is 9.99. The first kappa shape index (κ1) is 39.7. The van der Waals surface area contributed by atoms with Gasteiger partial charge in [-0.3, -0.25) is 4.79 Å². The molecular weight excluding hydrogens is 694 g/mol. The van der Waals surface area contributed by atoms with Gasteiger partial charge in [0.25, 0.3) is 0 Å². The molecule has 0 fully saturated rings. The van der Waals surface area contributed by atoms with E-state index in [1.165, 1.54) is 27.7 Å². The molecule has 0 saturated heterocycles. The molecule has 0 atom stereocenters. The Hall–Kier alpha value is -7.09. The predicted octanol–water partition coefficient (Wildman–Crippen LogP) is 7.11. The van der Waals surface area contributed by atoms with Crippen molar-refractivity contribution in [2.45, 2.75) is 48.5 Å². The molecule has 276 valence electrons. The topological polar surface area (TPSA) is 175 Å². The Labute approximate surface area is 311 Å². The van der Waals surface area contributed by atoms with E-state index in [1.54, 1.807) is 80.6 Å². The molecule has 0 bridgehead atoms. The monoisotopic (exact) mass is 731 g/mol. The van der Waals surface area contributed by atoms with Gasteiger partial charge in [-0.05, 0) is 74.9 Å². The highest BCUT2D eigenvalue weighted by Gasteiger charge is 2.19. The van der Waals surface area contributed by atoms with Crippen molar-refractivity contribution in [2.75, 3.05) is 4.90 Å². The summed E-state index contributed by atoms with van der Waals surface area (Å²) in [5, 5.41) is 15.4. The van der Waals surface area contributed by atoms with E-state index in [2.05, 4.69) is 20.6 Å². The van der Waals surface area contributed by atoms with Crippen LogP contribution in [0.4, 0.5) is 17.1 Å². The maximum absolute atomic E-state index is 13.4. The van der Waals surface area contributed by atoms with Gasteiger partial charge < -0.3 is 24.3 Å². The smallest absolute Gasteiger partial charge is 0.318 e. The second kappa shape index (κ2) is 18.4. The Kier molecular flexibility index (Phi) is 13.5. The third-order valence-electron chi connectivity index (χ3n) is 7.41. The molecule has 4 aromatic rings. The summed E-state index contributed by atoms with van der Waals surface area (Å²) in [6, 6.07) is 28.6. The van der Waals surface area contributed by atoms with E-state index in [0.717, 1.165) is 5.56 Å². The lowest BCUT2D eigenvalue weighted by Gasteiger charge is -2.26. The summed E-state index contributed by atoms with van der Waals surface area (Å²) in [5.41, 5.74) is 5.66. The maximum atomic E-state index is 13.4. The number of carbonyl (C=O) groups is 5. The Bertz CT molecular complexity index is 2070. The molecule has 0 saturated carbocycles. The van der Waals surface area contributed by atoms with Crippen LogP contribution in [0.25, 0.3) is 0 Å². The quantitative estimate of drug-likeness (QED) is 0.0596. The van der Waals surface area contributed by atoms with Crippen LogP contribution >= 0.6 is 0 Å². The van der Waals surface area contributed by atoms with E-state index in [1.807, 2.05) is 42.2 Å². The van der Waals surface area contributed by atoms with Crippen molar-refractivity contribution in [1.82, 2.24) is 0 Å². The normalized spacial score (nSPS) is 12.1. The molecule has 0 amide bonds. The zero-order valence-electron chi connectivity index (χ0n) is 30.6. The SMILES string of the molecule is CC(=O)ON=C(C)C(=NOC(C)=O)c1ccc(N(c2ccc(C(=O)c3ccccc3C)cc2)c2ccc(/C(=N/OC(C)=O)C(C)=NOC(C)=O)cc2)cc1. The summed E-state index contributed by atoms with van der Waals surface area (Å²) in [7, 11) is 0. The lowest BCUT2D eigenvalue weighted by Crippen LogP contribution is -2.16. The molecule has 0 radical (unpaired) electrons. The highest BCUT2D eigenvalue weighted by Crippen LogP contribution is 2.35. The van der Waals surface area contributed by atoms with Gasteiger partial charge in [0.05, 0.1) is 0 Å². The highest BCUT2D eigenvalue weighted by molar-refractivity contribution is 6.48. The van der Waals surface area contributed by atoms with E-state index in [4.69, 9.17) is 19.4 Å². The largest absolute Gasteiger partial charge is 0.332 e. The van der Waals surface area contributed by atoms with Crippen LogP contribution in [-0.2, 0) is 38.5 Å². The number of hydrogen-bond donors (Lipinski definition) is 0. The van der Waals surface area contributed by atoms with Crippen LogP contribution < -0.4 is 4.90 Å². The van der Waals surface area contributed by atoms with Crippen LogP contribution in [0.5, 0.6) is 0 Å². The van der Waals surface area contributed by atoms with Crippen LogP contribution in [0.3, 0.4) is 0 Å². The molecule has 54 heavy (non-hydrogen) atoms. The Morgan fingerprint density at radius 1 is 0.444 bits per heavy atom. The molecule has 0 N–H and O–H groups in total. The second-order valence-corrected chi connectivity index (χ2v) is 11.7. The summed E-state index contributed by atoms with van der Waals surface area (Å²) in [6.07, 6.45) is 0. The van der Waals surface area contributed by atoms with Crippen LogP contribution in [0.1, 0.15) is 74.2 Å². The molecule has 0 aliphatic rings. The minimum absolute atomic E-state index is 0.115. The maximum Gasteiger partial charge on any atom is 0.332 e. The third-order valence-corrected chi connectivity index (χ3v) is 7.41. The standard InChI is InChI=1S/C40H37N5O9/c1-24-10-8-9-11-37(24)40(50)33-16-22-36(23-17-33)45(34-18-12-31(13-19-34)38(43-53-29(6)48)25(2)41-51-27(4)46)35-20-14-32(15-21-35)39(44-54-30(7)49)26(3)42-52-28(5)47/h8-23H,1-7H3/b41-25?,42-26?,43-38+,44-39?. The number of aryl methyl sites for hydroxylation is 1. The molecule has 14 heteroatoms. The van der Waals surface area contributed by atoms with Gasteiger partial charge in [0.15, 0.2) is 5.78 Å². The summed E-state index contributed by atoms with van der Waals surface area (Å²) in [4.78, 5) is 80.6. The fourth-order valence-electron chi connectivity index (χ4n) is 4.96. The fourth-order valence-corrected chi connectivity index (χ4v) is 4.96. The second-order valence-electron chi connectivity index (χ2n) is 11.7. The summed E-state index contributed by atoms with van der Waals surface area (Å²) in [6.45, 7) is 9.78. The van der Waals surface area contributed by atoms with Crippen molar-refractivity contribution < 1.29 is 43.3 Å². The van der Waals surface area contributed by atoms with Crippen LogP contribution in [-0.4, -0.2) is 52.5 Å². The number of oxime groups is 4. The van der Waals surface area contributed by atoms with Gasteiger partial charge in [0.1, 0.15) is 22.8 Å². The number of rotatable bonds is 13. The van der Waals surface area contributed by atoms with Gasteiger partial charge in [-0.15, -0.1) is 0 Å². The molecule has 0 aliphatic carbocycles. The van der Waals surface area contributed by atoms with Gasteiger partial charge >= 0.3 is 23.9 Å². The van der Waals surface area contributed by atoms with E-state index < -0.39 is 23.9 Å². The first-order valence-corrected chi connectivity index (χ1v) is 16.4. The van der Waals surface area contributed by atoms with Crippen molar-refractivity contribution in [1.29, 1.82) is 0 Å². The van der Waals surface area contributed by atoms with Crippen molar-refractivity contribution in [2.24, 2.45) is 20.6 Å². The van der Waals surface area contributed by atoms with Crippen molar-refractivity contribution in [3.63, 3.8) is 0 Å². The first-order chi connectivity index (χ1) is 25.7. The molecule has 0 spiro atoms. The summed E-state index contributed by atoms with van der Waals surface area (Å²) >= 11 is 0. The minimum Gasteiger partial charge on any atom is -0.318 e. The Balaban J connectivity index is 1.81. The average molecular weight is 732 g/mol. The van der Waals surface area contributed by atoms with Gasteiger partial charge in [-0.2, -0.15) is 0 Å².